The zero-order chi connectivity index (χ0) is 22.8. The van der Waals surface area contributed by atoms with Crippen LogP contribution in [0.3, 0.4) is 0 Å². The topological polar surface area (TPSA) is 86.8 Å². The summed E-state index contributed by atoms with van der Waals surface area (Å²) < 4.78 is 1.86. The third kappa shape index (κ3) is 4.03. The Morgan fingerprint density at radius 2 is 1.84 bits per heavy atom. The van der Waals surface area contributed by atoms with Crippen molar-refractivity contribution in [3.8, 4) is 6.07 Å². The predicted molar refractivity (Wildman–Crippen MR) is 126 cm³/mol. The van der Waals surface area contributed by atoms with Crippen LogP contribution in [0.4, 0.5) is 11.5 Å². The molecule has 0 aliphatic carbocycles. The molecule has 0 atom stereocenters. The second kappa shape index (κ2) is 8.52. The van der Waals surface area contributed by atoms with E-state index >= 15 is 0 Å². The van der Waals surface area contributed by atoms with Crippen LogP contribution < -0.4 is 10.2 Å². The normalized spacial score (nSPS) is 10.7. The SMILES string of the molecule is Cc1nn(Cc2ccc(C#N)cc2)c(C)c1NC(=O)c1cc(N(C)C)nc2ccccc12. The van der Waals surface area contributed by atoms with Crippen molar-refractivity contribution in [2.24, 2.45) is 0 Å². The monoisotopic (exact) mass is 424 g/mol. The van der Waals surface area contributed by atoms with E-state index in [0.29, 0.717) is 23.4 Å². The summed E-state index contributed by atoms with van der Waals surface area (Å²) in [5, 5.41) is 17.5. The number of hydrogen-bond donors (Lipinski definition) is 1. The van der Waals surface area contributed by atoms with Crippen LogP contribution in [0.25, 0.3) is 10.9 Å². The molecule has 7 heteroatoms. The molecule has 0 fully saturated rings. The Kier molecular flexibility index (Phi) is 5.61. The van der Waals surface area contributed by atoms with Crippen LogP contribution in [0.1, 0.15) is 32.9 Å². The van der Waals surface area contributed by atoms with Crippen molar-refractivity contribution >= 4 is 28.3 Å². The van der Waals surface area contributed by atoms with Gasteiger partial charge in [0.2, 0.25) is 0 Å². The van der Waals surface area contributed by atoms with Gasteiger partial charge in [-0.1, -0.05) is 30.3 Å². The van der Waals surface area contributed by atoms with Gasteiger partial charge in [0, 0.05) is 19.5 Å². The van der Waals surface area contributed by atoms with E-state index in [1.807, 2.05) is 80.0 Å². The Balaban J connectivity index is 1.65. The lowest BCUT2D eigenvalue weighted by atomic mass is 10.1. The highest BCUT2D eigenvalue weighted by molar-refractivity contribution is 6.13. The Hall–Kier alpha value is -4.18. The van der Waals surface area contributed by atoms with Crippen LogP contribution in [0.5, 0.6) is 0 Å². The molecule has 4 aromatic rings. The summed E-state index contributed by atoms with van der Waals surface area (Å²) in [6.45, 7) is 4.38. The number of para-hydroxylation sites is 1. The minimum absolute atomic E-state index is 0.198. The quantitative estimate of drug-likeness (QED) is 0.517. The number of hydrogen-bond acceptors (Lipinski definition) is 5. The highest BCUT2D eigenvalue weighted by Gasteiger charge is 2.18. The van der Waals surface area contributed by atoms with Gasteiger partial charge >= 0.3 is 0 Å². The number of rotatable bonds is 5. The molecule has 7 nitrogen and oxygen atoms in total. The van der Waals surface area contributed by atoms with E-state index in [-0.39, 0.29) is 5.91 Å². The maximum absolute atomic E-state index is 13.3. The van der Waals surface area contributed by atoms with Crippen LogP contribution in [0, 0.1) is 25.2 Å². The average Bonchev–Trinajstić information content (AvgIpc) is 3.06. The highest BCUT2D eigenvalue weighted by atomic mass is 16.1. The van der Waals surface area contributed by atoms with Gasteiger partial charge < -0.3 is 10.2 Å². The summed E-state index contributed by atoms with van der Waals surface area (Å²) in [6.07, 6.45) is 0. The first-order chi connectivity index (χ1) is 15.4. The van der Waals surface area contributed by atoms with Gasteiger partial charge in [0.15, 0.2) is 0 Å². The van der Waals surface area contributed by atoms with Gasteiger partial charge in [0.1, 0.15) is 5.82 Å². The largest absolute Gasteiger partial charge is 0.363 e. The third-order valence-electron chi connectivity index (χ3n) is 5.44. The fourth-order valence-electron chi connectivity index (χ4n) is 3.65. The van der Waals surface area contributed by atoms with Crippen LogP contribution in [0.2, 0.25) is 0 Å². The Bertz CT molecular complexity index is 1350. The van der Waals surface area contributed by atoms with Crippen LogP contribution in [-0.2, 0) is 6.54 Å². The maximum atomic E-state index is 13.3. The molecule has 2 aromatic heterocycles. The predicted octanol–water partition coefficient (Wildman–Crippen LogP) is 4.29. The van der Waals surface area contributed by atoms with Gasteiger partial charge in [-0.05, 0) is 43.7 Å². The van der Waals surface area contributed by atoms with Crippen molar-refractivity contribution in [3.05, 3.63) is 82.7 Å². The van der Waals surface area contributed by atoms with Crippen LogP contribution >= 0.6 is 0 Å². The van der Waals surface area contributed by atoms with Gasteiger partial charge in [0.25, 0.3) is 5.91 Å². The van der Waals surface area contributed by atoms with Crippen molar-refractivity contribution in [1.29, 1.82) is 5.26 Å². The third-order valence-corrected chi connectivity index (χ3v) is 5.44. The van der Waals surface area contributed by atoms with E-state index in [4.69, 9.17) is 5.26 Å². The molecule has 2 heterocycles. The van der Waals surface area contributed by atoms with E-state index in [0.717, 1.165) is 33.7 Å². The van der Waals surface area contributed by atoms with Crippen molar-refractivity contribution < 1.29 is 4.79 Å². The molecule has 0 saturated carbocycles. The van der Waals surface area contributed by atoms with Crippen molar-refractivity contribution in [2.75, 3.05) is 24.3 Å². The first-order valence-electron chi connectivity index (χ1n) is 10.3. The number of amides is 1. The number of fused-ring (bicyclic) bond motifs is 1. The zero-order valence-corrected chi connectivity index (χ0v) is 18.5. The molecule has 32 heavy (non-hydrogen) atoms. The van der Waals surface area contributed by atoms with Gasteiger partial charge in [-0.3, -0.25) is 9.48 Å². The smallest absolute Gasteiger partial charge is 0.256 e. The molecule has 1 N–H and O–H groups in total. The highest BCUT2D eigenvalue weighted by Crippen LogP contribution is 2.26. The van der Waals surface area contributed by atoms with Crippen molar-refractivity contribution in [2.45, 2.75) is 20.4 Å². The summed E-state index contributed by atoms with van der Waals surface area (Å²) in [6, 6.07) is 19.0. The minimum Gasteiger partial charge on any atom is -0.363 e. The lowest BCUT2D eigenvalue weighted by Crippen LogP contribution is -2.17. The minimum atomic E-state index is -0.198. The standard InChI is InChI=1S/C25H24N6O/c1-16-24(17(2)31(29-16)15-19-11-9-18(14-26)10-12-19)28-25(32)21-13-23(30(3)4)27-22-8-6-5-7-20(21)22/h5-13H,15H2,1-4H3,(H,28,32). The molecule has 4 rings (SSSR count). The van der Waals surface area contributed by atoms with Gasteiger partial charge in [-0.2, -0.15) is 10.4 Å². The molecule has 160 valence electrons. The van der Waals surface area contributed by atoms with Crippen LogP contribution in [0.15, 0.2) is 54.6 Å². The fourth-order valence-corrected chi connectivity index (χ4v) is 3.65. The maximum Gasteiger partial charge on any atom is 0.256 e. The van der Waals surface area contributed by atoms with E-state index in [9.17, 15) is 4.79 Å². The fraction of sp³-hybridized carbons (Fsp3) is 0.200. The van der Waals surface area contributed by atoms with Gasteiger partial charge in [0.05, 0.1) is 46.3 Å². The summed E-state index contributed by atoms with van der Waals surface area (Å²) >= 11 is 0. The molecule has 1 amide bonds. The number of nitriles is 1. The Morgan fingerprint density at radius 3 is 2.53 bits per heavy atom. The number of pyridine rings is 1. The number of nitrogens with one attached hydrogen (secondary N) is 1. The van der Waals surface area contributed by atoms with Crippen molar-refractivity contribution in [3.63, 3.8) is 0 Å². The second-order valence-electron chi connectivity index (χ2n) is 7.91. The number of anilines is 2. The summed E-state index contributed by atoms with van der Waals surface area (Å²) in [4.78, 5) is 19.8. The Labute approximate surface area is 186 Å². The Morgan fingerprint density at radius 1 is 1.12 bits per heavy atom. The number of aromatic nitrogens is 3. The number of benzene rings is 2. The number of carbonyl (C=O) groups is 1. The van der Waals surface area contributed by atoms with Crippen molar-refractivity contribution in [1.82, 2.24) is 14.8 Å². The summed E-state index contributed by atoms with van der Waals surface area (Å²) in [5.74, 6) is 0.523. The van der Waals surface area contributed by atoms with E-state index < -0.39 is 0 Å². The summed E-state index contributed by atoms with van der Waals surface area (Å²) in [7, 11) is 3.81. The first-order valence-corrected chi connectivity index (χ1v) is 10.3. The number of nitrogens with zero attached hydrogens (tertiary/aromatic N) is 5. The lowest BCUT2D eigenvalue weighted by molar-refractivity contribution is 0.102. The molecule has 0 bridgehead atoms. The molecule has 0 spiro atoms. The zero-order valence-electron chi connectivity index (χ0n) is 18.5. The van der Waals surface area contributed by atoms with Crippen LogP contribution in [-0.4, -0.2) is 34.8 Å². The molecule has 0 aliphatic rings. The number of carbonyl (C=O) groups excluding carboxylic acids is 1. The molecular formula is C25H24N6O. The van der Waals surface area contributed by atoms with Gasteiger partial charge in [-0.25, -0.2) is 4.98 Å². The molecule has 0 saturated heterocycles. The summed E-state index contributed by atoms with van der Waals surface area (Å²) in [5.41, 5.74) is 5.31. The first kappa shape index (κ1) is 21.1. The molecule has 0 aliphatic heterocycles. The lowest BCUT2D eigenvalue weighted by Gasteiger charge is -2.15. The van der Waals surface area contributed by atoms with E-state index in [1.54, 1.807) is 12.1 Å². The molecule has 0 unspecified atom stereocenters. The van der Waals surface area contributed by atoms with Gasteiger partial charge in [-0.15, -0.1) is 0 Å². The molecule has 2 aromatic carbocycles. The molecule has 0 radical (unpaired) electrons. The number of aryl methyl sites for hydroxylation is 1. The second-order valence-corrected chi connectivity index (χ2v) is 7.91. The molecular weight excluding hydrogens is 400 g/mol. The van der Waals surface area contributed by atoms with E-state index in [2.05, 4.69) is 21.5 Å². The van der Waals surface area contributed by atoms with E-state index in [1.165, 1.54) is 0 Å². The average molecular weight is 425 g/mol.